The molecule has 24 heavy (non-hydrogen) atoms. The molecule has 3 heterocycles. The van der Waals surface area contributed by atoms with E-state index in [1.54, 1.807) is 16.2 Å². The topological polar surface area (TPSA) is 64.6 Å². The number of thiophene rings is 1. The van der Waals surface area contributed by atoms with E-state index in [1.165, 1.54) is 23.2 Å². The van der Waals surface area contributed by atoms with Crippen LogP contribution < -0.4 is 4.74 Å². The lowest BCUT2D eigenvalue weighted by Gasteiger charge is -2.26. The Kier molecular flexibility index (Phi) is 4.37. The molecule has 4 rings (SSSR count). The minimum atomic E-state index is -0.0113. The second-order valence-electron chi connectivity index (χ2n) is 6.49. The molecule has 0 N–H and O–H groups in total. The Morgan fingerprint density at radius 3 is 3.08 bits per heavy atom. The van der Waals surface area contributed by atoms with Crippen LogP contribution in [0, 0.1) is 5.92 Å². The molecule has 2 aromatic heterocycles. The van der Waals surface area contributed by atoms with Crippen LogP contribution in [-0.4, -0.2) is 53.7 Å². The number of ether oxygens (including phenoxy) is 2. The van der Waals surface area contributed by atoms with Crippen molar-refractivity contribution in [2.45, 2.75) is 26.2 Å². The summed E-state index contributed by atoms with van der Waals surface area (Å²) in [6.45, 7) is 4.77. The second-order valence-corrected chi connectivity index (χ2v) is 7.58. The van der Waals surface area contributed by atoms with Gasteiger partial charge in [-0.25, -0.2) is 9.97 Å². The van der Waals surface area contributed by atoms with Gasteiger partial charge in [-0.2, -0.15) is 0 Å². The van der Waals surface area contributed by atoms with Gasteiger partial charge in [0.1, 0.15) is 11.2 Å². The smallest absolute Gasteiger partial charge is 0.260 e. The zero-order valence-corrected chi connectivity index (χ0v) is 14.6. The highest BCUT2D eigenvalue weighted by Gasteiger charge is 2.24. The lowest BCUT2D eigenvalue weighted by atomic mass is 9.89. The van der Waals surface area contributed by atoms with Crippen molar-refractivity contribution in [3.05, 3.63) is 16.8 Å². The van der Waals surface area contributed by atoms with Crippen LogP contribution in [-0.2, 0) is 22.4 Å². The van der Waals surface area contributed by atoms with Crippen molar-refractivity contribution >= 4 is 27.5 Å². The van der Waals surface area contributed by atoms with E-state index >= 15 is 0 Å². The van der Waals surface area contributed by atoms with Crippen molar-refractivity contribution in [1.82, 2.24) is 14.9 Å². The number of carbonyl (C=O) groups is 1. The van der Waals surface area contributed by atoms with Crippen LogP contribution in [0.5, 0.6) is 5.88 Å². The van der Waals surface area contributed by atoms with Crippen LogP contribution in [0.25, 0.3) is 10.2 Å². The number of amides is 1. The van der Waals surface area contributed by atoms with Gasteiger partial charge in [-0.05, 0) is 30.7 Å². The summed E-state index contributed by atoms with van der Waals surface area (Å²) >= 11 is 1.74. The van der Waals surface area contributed by atoms with E-state index in [2.05, 4.69) is 16.9 Å². The maximum atomic E-state index is 12.3. The predicted molar refractivity (Wildman–Crippen MR) is 91.5 cm³/mol. The largest absolute Gasteiger partial charge is 0.467 e. The fourth-order valence-corrected chi connectivity index (χ4v) is 4.73. The van der Waals surface area contributed by atoms with Crippen molar-refractivity contribution in [3.8, 4) is 5.88 Å². The van der Waals surface area contributed by atoms with Crippen molar-refractivity contribution in [1.29, 1.82) is 0 Å². The predicted octanol–water partition coefficient (Wildman–Crippen LogP) is 2.05. The molecule has 0 spiro atoms. The van der Waals surface area contributed by atoms with Gasteiger partial charge in [-0.3, -0.25) is 4.79 Å². The quantitative estimate of drug-likeness (QED) is 0.850. The van der Waals surface area contributed by atoms with Gasteiger partial charge < -0.3 is 14.4 Å². The molecule has 1 amide bonds. The van der Waals surface area contributed by atoms with Crippen LogP contribution in [0.15, 0.2) is 6.33 Å². The first-order valence-electron chi connectivity index (χ1n) is 8.46. The molecule has 0 bridgehead atoms. The lowest BCUT2D eigenvalue weighted by Crippen LogP contribution is -2.43. The third kappa shape index (κ3) is 2.98. The molecule has 2 aromatic rings. The second kappa shape index (κ2) is 6.64. The van der Waals surface area contributed by atoms with Gasteiger partial charge in [0, 0.05) is 18.0 Å². The standard InChI is InChI=1S/C17H21N3O3S/c1-11-2-3-12-13(8-11)24-17-15(12)16(18-10-19-17)23-9-14(21)20-4-6-22-7-5-20/h10-11H,2-9H2,1H3. The number of hydrogen-bond donors (Lipinski definition) is 0. The zero-order valence-electron chi connectivity index (χ0n) is 13.8. The molecule has 128 valence electrons. The molecule has 6 nitrogen and oxygen atoms in total. The molecule has 1 fully saturated rings. The normalized spacial score (nSPS) is 20.9. The van der Waals surface area contributed by atoms with E-state index in [0.29, 0.717) is 38.1 Å². The third-order valence-electron chi connectivity index (χ3n) is 4.75. The molecule has 0 aromatic carbocycles. The fourth-order valence-electron chi connectivity index (χ4n) is 3.39. The number of fused-ring (bicyclic) bond motifs is 3. The number of nitrogens with zero attached hydrogens (tertiary/aromatic N) is 3. The van der Waals surface area contributed by atoms with Gasteiger partial charge in [0.25, 0.3) is 5.91 Å². The highest BCUT2D eigenvalue weighted by atomic mass is 32.1. The van der Waals surface area contributed by atoms with E-state index in [1.807, 2.05) is 0 Å². The Labute approximate surface area is 144 Å². The molecule has 7 heteroatoms. The summed E-state index contributed by atoms with van der Waals surface area (Å²) in [4.78, 5) is 25.1. The first-order valence-corrected chi connectivity index (χ1v) is 9.27. The van der Waals surface area contributed by atoms with Gasteiger partial charge in [0.15, 0.2) is 6.61 Å². The summed E-state index contributed by atoms with van der Waals surface area (Å²) in [7, 11) is 0. The molecule has 0 radical (unpaired) electrons. The van der Waals surface area contributed by atoms with Crippen LogP contribution in [0.3, 0.4) is 0 Å². The first-order chi connectivity index (χ1) is 11.7. The Balaban J connectivity index is 1.55. The van der Waals surface area contributed by atoms with Crippen LogP contribution in [0.4, 0.5) is 0 Å². The molecular weight excluding hydrogens is 326 g/mol. The Morgan fingerprint density at radius 1 is 1.42 bits per heavy atom. The average molecular weight is 347 g/mol. The third-order valence-corrected chi connectivity index (χ3v) is 5.92. The number of rotatable bonds is 3. The van der Waals surface area contributed by atoms with Gasteiger partial charge in [0.2, 0.25) is 5.88 Å². The minimum Gasteiger partial charge on any atom is -0.467 e. The minimum absolute atomic E-state index is 0.0113. The first kappa shape index (κ1) is 15.8. The molecule has 1 unspecified atom stereocenters. The van der Waals surface area contributed by atoms with Crippen molar-refractivity contribution in [2.75, 3.05) is 32.9 Å². The van der Waals surface area contributed by atoms with Gasteiger partial charge in [0.05, 0.1) is 18.6 Å². The summed E-state index contributed by atoms with van der Waals surface area (Å²) in [6.07, 6.45) is 4.85. The number of morpholine rings is 1. The SMILES string of the molecule is CC1CCc2c(sc3ncnc(OCC(=O)N4CCOCC4)c23)C1. The molecule has 1 aliphatic heterocycles. The van der Waals surface area contributed by atoms with E-state index in [0.717, 1.165) is 23.1 Å². The Bertz CT molecular complexity index is 755. The maximum absolute atomic E-state index is 12.3. The maximum Gasteiger partial charge on any atom is 0.260 e. The van der Waals surface area contributed by atoms with Gasteiger partial charge >= 0.3 is 0 Å². The number of carbonyl (C=O) groups excluding carboxylic acids is 1. The number of aryl methyl sites for hydroxylation is 1. The van der Waals surface area contributed by atoms with Crippen molar-refractivity contribution in [2.24, 2.45) is 5.92 Å². The lowest BCUT2D eigenvalue weighted by molar-refractivity contribution is -0.137. The van der Waals surface area contributed by atoms with Gasteiger partial charge in [-0.1, -0.05) is 6.92 Å². The summed E-state index contributed by atoms with van der Waals surface area (Å²) in [5.41, 5.74) is 1.32. The Morgan fingerprint density at radius 2 is 2.25 bits per heavy atom. The fraction of sp³-hybridized carbons (Fsp3) is 0.588. The van der Waals surface area contributed by atoms with E-state index in [-0.39, 0.29) is 12.5 Å². The van der Waals surface area contributed by atoms with E-state index in [9.17, 15) is 4.79 Å². The van der Waals surface area contributed by atoms with E-state index in [4.69, 9.17) is 9.47 Å². The molecule has 1 saturated heterocycles. The van der Waals surface area contributed by atoms with Crippen LogP contribution in [0.2, 0.25) is 0 Å². The number of aromatic nitrogens is 2. The van der Waals surface area contributed by atoms with E-state index < -0.39 is 0 Å². The zero-order chi connectivity index (χ0) is 16.5. The monoisotopic (exact) mass is 347 g/mol. The molecular formula is C17H21N3O3S. The molecule has 2 aliphatic rings. The van der Waals surface area contributed by atoms with Crippen LogP contribution in [0.1, 0.15) is 23.8 Å². The average Bonchev–Trinajstić information content (AvgIpc) is 2.98. The van der Waals surface area contributed by atoms with Gasteiger partial charge in [-0.15, -0.1) is 11.3 Å². The van der Waals surface area contributed by atoms with Crippen molar-refractivity contribution < 1.29 is 14.3 Å². The Hall–Kier alpha value is -1.73. The summed E-state index contributed by atoms with van der Waals surface area (Å²) < 4.78 is 11.1. The summed E-state index contributed by atoms with van der Waals surface area (Å²) in [6, 6.07) is 0. The summed E-state index contributed by atoms with van der Waals surface area (Å²) in [5, 5.41) is 1.01. The van der Waals surface area contributed by atoms with Crippen molar-refractivity contribution in [3.63, 3.8) is 0 Å². The molecule has 1 aliphatic carbocycles. The molecule has 1 atom stereocenters. The number of hydrogen-bond acceptors (Lipinski definition) is 6. The van der Waals surface area contributed by atoms with Crippen LogP contribution >= 0.6 is 11.3 Å². The molecule has 0 saturated carbocycles. The highest BCUT2D eigenvalue weighted by molar-refractivity contribution is 7.18. The summed E-state index contributed by atoms with van der Waals surface area (Å²) in [5.74, 6) is 1.25. The highest BCUT2D eigenvalue weighted by Crippen LogP contribution is 2.40.